The van der Waals surface area contributed by atoms with E-state index >= 15 is 0 Å². The normalized spacial score (nSPS) is 14.6. The van der Waals surface area contributed by atoms with Crippen molar-refractivity contribution >= 4 is 45.9 Å². The molecule has 184 valence electrons. The van der Waals surface area contributed by atoms with E-state index in [9.17, 15) is 14.4 Å². The zero-order valence-corrected chi connectivity index (χ0v) is 20.5. The summed E-state index contributed by atoms with van der Waals surface area (Å²) < 4.78 is 1.82. The maximum Gasteiger partial charge on any atom is 0.258 e. The molecule has 1 aliphatic heterocycles. The molecule has 8 nitrogen and oxygen atoms in total. The molecule has 3 amide bonds. The zero-order valence-electron chi connectivity index (χ0n) is 19.7. The van der Waals surface area contributed by atoms with Gasteiger partial charge in [-0.25, -0.2) is 0 Å². The Balaban J connectivity index is 1.16. The molecule has 35 heavy (non-hydrogen) atoms. The summed E-state index contributed by atoms with van der Waals surface area (Å²) in [5, 5.41) is 1.75. The minimum absolute atomic E-state index is 0.0413. The van der Waals surface area contributed by atoms with E-state index in [0.29, 0.717) is 18.1 Å². The number of rotatable bonds is 7. The first-order valence-corrected chi connectivity index (χ1v) is 12.2. The van der Waals surface area contributed by atoms with Crippen LogP contribution in [-0.4, -0.2) is 53.4 Å². The molecule has 2 aromatic carbocycles. The van der Waals surface area contributed by atoms with Gasteiger partial charge < -0.3 is 14.4 Å². The van der Waals surface area contributed by atoms with Crippen LogP contribution >= 0.6 is 11.6 Å². The number of aromatic nitrogens is 1. The molecule has 9 heteroatoms. The van der Waals surface area contributed by atoms with E-state index in [-0.39, 0.29) is 43.0 Å². The summed E-state index contributed by atoms with van der Waals surface area (Å²) in [4.78, 5) is 41.3. The Hall–Kier alpha value is -3.52. The Labute approximate surface area is 209 Å². The Bertz CT molecular complexity index is 1200. The molecule has 1 fully saturated rings. The number of para-hydroxylation sites is 1. The largest absolute Gasteiger partial charge is 0.368 e. The number of hydrazine groups is 1. The highest BCUT2D eigenvalue weighted by molar-refractivity contribution is 6.30. The van der Waals surface area contributed by atoms with E-state index in [4.69, 9.17) is 11.6 Å². The molecule has 2 heterocycles. The summed E-state index contributed by atoms with van der Waals surface area (Å²) in [5.74, 6) is -0.735. The van der Waals surface area contributed by atoms with E-state index in [1.807, 2.05) is 77.2 Å². The van der Waals surface area contributed by atoms with Crippen LogP contribution in [0.3, 0.4) is 0 Å². The molecule has 1 atom stereocenters. The maximum absolute atomic E-state index is 12.7. The molecule has 3 aromatic rings. The molecule has 0 radical (unpaired) electrons. The van der Waals surface area contributed by atoms with E-state index in [0.717, 1.165) is 29.7 Å². The van der Waals surface area contributed by atoms with Crippen LogP contribution in [0, 0.1) is 5.92 Å². The van der Waals surface area contributed by atoms with Gasteiger partial charge in [-0.3, -0.25) is 25.2 Å². The number of anilines is 1. The molecular weight excluding hydrogens is 466 g/mol. The molecular formula is C26H30ClN5O3. The van der Waals surface area contributed by atoms with Gasteiger partial charge in [-0.1, -0.05) is 42.8 Å². The van der Waals surface area contributed by atoms with Crippen molar-refractivity contribution in [3.05, 3.63) is 65.8 Å². The molecule has 4 rings (SSSR count). The second kappa shape index (κ2) is 11.3. The SMILES string of the molecule is CC(CC(=O)NNC(=O)Cn1ccc2ccccc21)CC(=O)N1CCN(c2cccc(Cl)c2)CC1. The van der Waals surface area contributed by atoms with Crippen molar-refractivity contribution in [3.63, 3.8) is 0 Å². The van der Waals surface area contributed by atoms with Crippen LogP contribution in [0.25, 0.3) is 10.9 Å². The number of hydrogen-bond acceptors (Lipinski definition) is 4. The van der Waals surface area contributed by atoms with Crippen molar-refractivity contribution in [1.82, 2.24) is 20.3 Å². The van der Waals surface area contributed by atoms with Gasteiger partial charge in [0.1, 0.15) is 6.54 Å². The third-order valence-corrected chi connectivity index (χ3v) is 6.43. The summed E-state index contributed by atoms with van der Waals surface area (Å²) in [5.41, 5.74) is 6.93. The summed E-state index contributed by atoms with van der Waals surface area (Å²) in [7, 11) is 0. The lowest BCUT2D eigenvalue weighted by Gasteiger charge is -2.36. The highest BCUT2D eigenvalue weighted by Crippen LogP contribution is 2.21. The van der Waals surface area contributed by atoms with Crippen LogP contribution < -0.4 is 15.8 Å². The first kappa shape index (κ1) is 24.6. The maximum atomic E-state index is 12.7. The summed E-state index contributed by atoms with van der Waals surface area (Å²) in [6.07, 6.45) is 2.28. The number of nitrogens with one attached hydrogen (secondary N) is 2. The Morgan fingerprint density at radius 2 is 1.66 bits per heavy atom. The first-order chi connectivity index (χ1) is 16.9. The predicted octanol–water partition coefficient (Wildman–Crippen LogP) is 3.21. The van der Waals surface area contributed by atoms with Crippen LogP contribution in [0.2, 0.25) is 5.02 Å². The van der Waals surface area contributed by atoms with Crippen molar-refractivity contribution in [2.45, 2.75) is 26.3 Å². The fourth-order valence-corrected chi connectivity index (χ4v) is 4.55. The minimum atomic E-state index is -0.319. The molecule has 0 bridgehead atoms. The molecule has 0 spiro atoms. The molecule has 1 aromatic heterocycles. The van der Waals surface area contributed by atoms with Crippen LogP contribution in [0.1, 0.15) is 19.8 Å². The third-order valence-electron chi connectivity index (χ3n) is 6.20. The lowest BCUT2D eigenvalue weighted by atomic mass is 10.0. The van der Waals surface area contributed by atoms with Gasteiger partial charge >= 0.3 is 0 Å². The quantitative estimate of drug-likeness (QED) is 0.493. The predicted molar refractivity (Wildman–Crippen MR) is 137 cm³/mol. The van der Waals surface area contributed by atoms with Gasteiger partial charge in [0.25, 0.3) is 5.91 Å². The van der Waals surface area contributed by atoms with Crippen LogP contribution in [0.15, 0.2) is 60.8 Å². The van der Waals surface area contributed by atoms with E-state index in [2.05, 4.69) is 15.8 Å². The molecule has 1 unspecified atom stereocenters. The summed E-state index contributed by atoms with van der Waals surface area (Å²) in [6, 6.07) is 17.4. The number of piperazine rings is 1. The summed E-state index contributed by atoms with van der Waals surface area (Å²) in [6.45, 7) is 4.71. The van der Waals surface area contributed by atoms with E-state index in [1.54, 1.807) is 0 Å². The van der Waals surface area contributed by atoms with Crippen LogP contribution in [-0.2, 0) is 20.9 Å². The number of nitrogens with zero attached hydrogens (tertiary/aromatic N) is 3. The van der Waals surface area contributed by atoms with Gasteiger partial charge in [0, 0.05) is 61.4 Å². The van der Waals surface area contributed by atoms with Gasteiger partial charge in [0.15, 0.2) is 0 Å². The lowest BCUT2D eigenvalue weighted by molar-refractivity contribution is -0.133. The highest BCUT2D eigenvalue weighted by atomic mass is 35.5. The number of amides is 3. The highest BCUT2D eigenvalue weighted by Gasteiger charge is 2.23. The number of carbonyl (C=O) groups excluding carboxylic acids is 3. The number of carbonyl (C=O) groups is 3. The van der Waals surface area contributed by atoms with Crippen LogP contribution in [0.4, 0.5) is 5.69 Å². The Kier molecular flexibility index (Phi) is 7.92. The number of halogens is 1. The zero-order chi connectivity index (χ0) is 24.8. The van der Waals surface area contributed by atoms with Gasteiger partial charge in [-0.15, -0.1) is 0 Å². The molecule has 0 aliphatic carbocycles. The second-order valence-electron chi connectivity index (χ2n) is 8.96. The lowest BCUT2D eigenvalue weighted by Crippen LogP contribution is -2.49. The topological polar surface area (TPSA) is 86.7 Å². The first-order valence-electron chi connectivity index (χ1n) is 11.8. The van der Waals surface area contributed by atoms with E-state index in [1.165, 1.54) is 0 Å². The van der Waals surface area contributed by atoms with Crippen LogP contribution in [0.5, 0.6) is 0 Å². The Morgan fingerprint density at radius 1 is 0.914 bits per heavy atom. The molecule has 1 saturated heterocycles. The van der Waals surface area contributed by atoms with Gasteiger partial charge in [-0.2, -0.15) is 0 Å². The fourth-order valence-electron chi connectivity index (χ4n) is 4.37. The van der Waals surface area contributed by atoms with Gasteiger partial charge in [0.2, 0.25) is 11.8 Å². The van der Waals surface area contributed by atoms with E-state index < -0.39 is 0 Å². The minimum Gasteiger partial charge on any atom is -0.368 e. The average molecular weight is 496 g/mol. The van der Waals surface area contributed by atoms with Crippen molar-refractivity contribution < 1.29 is 14.4 Å². The monoisotopic (exact) mass is 495 g/mol. The standard InChI is InChI=1S/C26H30ClN5O3/c1-19(16-26(35)31-13-11-30(12-14-31)22-7-4-6-21(27)17-22)15-24(33)28-29-25(34)18-32-10-9-20-5-2-3-8-23(20)32/h2-10,17,19H,11-16,18H2,1H3,(H,28,33)(H,29,34). The van der Waals surface area contributed by atoms with Crippen molar-refractivity contribution in [2.24, 2.45) is 5.92 Å². The smallest absolute Gasteiger partial charge is 0.258 e. The molecule has 2 N–H and O–H groups in total. The molecule has 1 aliphatic rings. The Morgan fingerprint density at radius 3 is 2.43 bits per heavy atom. The van der Waals surface area contributed by atoms with Gasteiger partial charge in [0.05, 0.1) is 0 Å². The number of fused-ring (bicyclic) bond motifs is 1. The average Bonchev–Trinajstić information content (AvgIpc) is 3.25. The molecule has 0 saturated carbocycles. The van der Waals surface area contributed by atoms with Crippen molar-refractivity contribution in [2.75, 3.05) is 31.1 Å². The van der Waals surface area contributed by atoms with Gasteiger partial charge in [-0.05, 0) is 41.6 Å². The fraction of sp³-hybridized carbons (Fsp3) is 0.346. The summed E-state index contributed by atoms with van der Waals surface area (Å²) >= 11 is 6.09. The third kappa shape index (κ3) is 6.54. The second-order valence-corrected chi connectivity index (χ2v) is 9.40. The van der Waals surface area contributed by atoms with Crippen molar-refractivity contribution in [3.8, 4) is 0 Å². The number of benzene rings is 2. The van der Waals surface area contributed by atoms with Crippen molar-refractivity contribution in [1.29, 1.82) is 0 Å². The number of hydrogen-bond donors (Lipinski definition) is 2.